The molecule has 0 spiro atoms. The summed E-state index contributed by atoms with van der Waals surface area (Å²) in [5.41, 5.74) is 0. The van der Waals surface area contributed by atoms with Gasteiger partial charge in [-0.3, -0.25) is 4.79 Å². The van der Waals surface area contributed by atoms with Gasteiger partial charge in [-0.05, 0) is 36.3 Å². The Kier molecular flexibility index (Phi) is 7.74. The summed E-state index contributed by atoms with van der Waals surface area (Å²) in [6.45, 7) is 23.3. The molecule has 0 aromatic carbocycles. The molecule has 0 aliphatic rings. The Morgan fingerprint density at radius 2 is 1.00 bits per heavy atom. The first kappa shape index (κ1) is 22.0. The minimum atomic E-state index is -1.73. The van der Waals surface area contributed by atoms with Crippen molar-refractivity contribution in [2.45, 2.75) is 90.6 Å². The van der Waals surface area contributed by atoms with Crippen molar-refractivity contribution >= 4 is 22.4 Å². The zero-order valence-electron chi connectivity index (χ0n) is 16.6. The molecule has 5 heteroatoms. The summed E-state index contributed by atoms with van der Waals surface area (Å²) in [4.78, 5) is 12.0. The van der Waals surface area contributed by atoms with Crippen LogP contribution in [0, 0.1) is 0 Å². The van der Waals surface area contributed by atoms with Crippen molar-refractivity contribution < 1.29 is 13.6 Å². The highest BCUT2D eigenvalue weighted by Crippen LogP contribution is 2.37. The lowest BCUT2D eigenvalue weighted by atomic mass is 10.2. The number of ketones is 1. The van der Waals surface area contributed by atoms with Crippen LogP contribution in [0.2, 0.25) is 36.3 Å². The van der Waals surface area contributed by atoms with Crippen LogP contribution in [0.1, 0.15) is 54.4 Å². The minimum absolute atomic E-state index is 0.196. The van der Waals surface area contributed by atoms with Crippen LogP contribution >= 0.6 is 0 Å². The molecule has 0 saturated carbocycles. The van der Waals surface area contributed by atoms with Gasteiger partial charge in [0.1, 0.15) is 5.78 Å². The van der Waals surface area contributed by atoms with Crippen molar-refractivity contribution in [2.75, 3.05) is 13.2 Å². The van der Waals surface area contributed by atoms with Crippen LogP contribution < -0.4 is 0 Å². The fraction of sp³-hybridized carbons (Fsp3) is 0.941. The van der Waals surface area contributed by atoms with Crippen molar-refractivity contribution in [2.24, 2.45) is 0 Å². The summed E-state index contributed by atoms with van der Waals surface area (Å²) in [5.74, 6) is 0.248. The molecular formula is C17H38O3Si2. The maximum Gasteiger partial charge on any atom is 0.191 e. The van der Waals surface area contributed by atoms with E-state index in [0.717, 1.165) is 0 Å². The predicted octanol–water partition coefficient (Wildman–Crippen LogP) is 5.38. The summed E-state index contributed by atoms with van der Waals surface area (Å²) < 4.78 is 12.1. The van der Waals surface area contributed by atoms with E-state index < -0.39 is 16.6 Å². The molecule has 0 unspecified atom stereocenters. The first-order valence-corrected chi connectivity index (χ1v) is 14.2. The van der Waals surface area contributed by atoms with E-state index in [1.54, 1.807) is 0 Å². The molecule has 0 aliphatic carbocycles. The molecule has 22 heavy (non-hydrogen) atoms. The van der Waals surface area contributed by atoms with Gasteiger partial charge in [0.15, 0.2) is 16.6 Å². The Hall–Kier alpha value is 0.0238. The molecule has 0 rings (SSSR count). The quantitative estimate of drug-likeness (QED) is 0.553. The predicted molar refractivity (Wildman–Crippen MR) is 101 cm³/mol. The maximum atomic E-state index is 12.0. The number of Topliss-reactive ketones (excluding diaryl/α,β-unsaturated/α-hetero) is 1. The standard InChI is InChI=1S/C17H38O3Si2/c1-16(2,3)21(7,8)19-13-11-15(18)12-14-20-22(9,10)17(4,5)6/h11-14H2,1-10H3. The molecule has 0 saturated heterocycles. The minimum Gasteiger partial charge on any atom is -0.416 e. The van der Waals surface area contributed by atoms with E-state index in [1.165, 1.54) is 0 Å². The second kappa shape index (κ2) is 7.73. The highest BCUT2D eigenvalue weighted by Gasteiger charge is 2.38. The van der Waals surface area contributed by atoms with Gasteiger partial charge in [-0.25, -0.2) is 0 Å². The number of hydrogen-bond donors (Lipinski definition) is 0. The van der Waals surface area contributed by atoms with Gasteiger partial charge in [-0.2, -0.15) is 0 Å². The lowest BCUT2D eigenvalue weighted by molar-refractivity contribution is -0.120. The molecule has 0 N–H and O–H groups in total. The van der Waals surface area contributed by atoms with Gasteiger partial charge in [-0.1, -0.05) is 41.5 Å². The zero-order chi connectivity index (χ0) is 17.8. The Morgan fingerprint density at radius 3 is 1.23 bits per heavy atom. The SMILES string of the molecule is CC(C)(C)[Si](C)(C)OCCC(=O)CCO[Si](C)(C)C(C)(C)C. The van der Waals surface area contributed by atoms with E-state index in [-0.39, 0.29) is 15.9 Å². The molecule has 0 aliphatic heterocycles. The van der Waals surface area contributed by atoms with Gasteiger partial charge in [0.2, 0.25) is 0 Å². The van der Waals surface area contributed by atoms with E-state index >= 15 is 0 Å². The number of carbonyl (C=O) groups excluding carboxylic acids is 1. The second-order valence-corrected chi connectivity index (χ2v) is 18.9. The molecule has 0 heterocycles. The highest BCUT2D eigenvalue weighted by atomic mass is 28.4. The van der Waals surface area contributed by atoms with Crippen LogP contribution in [0.15, 0.2) is 0 Å². The van der Waals surface area contributed by atoms with Crippen LogP contribution in [-0.2, 0) is 13.6 Å². The summed E-state index contributed by atoms with van der Waals surface area (Å²) in [5, 5.41) is 0.392. The smallest absolute Gasteiger partial charge is 0.191 e. The lowest BCUT2D eigenvalue weighted by Crippen LogP contribution is -2.41. The Bertz CT molecular complexity index is 329. The van der Waals surface area contributed by atoms with Gasteiger partial charge < -0.3 is 8.85 Å². The van der Waals surface area contributed by atoms with Gasteiger partial charge in [0.25, 0.3) is 0 Å². The molecule has 0 aromatic rings. The molecular weight excluding hydrogens is 308 g/mol. The third-order valence-electron chi connectivity index (χ3n) is 5.30. The summed E-state index contributed by atoms with van der Waals surface area (Å²) in [6.07, 6.45) is 1.01. The third kappa shape index (κ3) is 7.07. The molecule has 0 amide bonds. The van der Waals surface area contributed by atoms with Gasteiger partial charge >= 0.3 is 0 Å². The van der Waals surface area contributed by atoms with E-state index in [4.69, 9.17) is 8.85 Å². The van der Waals surface area contributed by atoms with E-state index in [2.05, 4.69) is 67.7 Å². The van der Waals surface area contributed by atoms with Crippen LogP contribution in [0.4, 0.5) is 0 Å². The molecule has 0 bridgehead atoms. The molecule has 0 radical (unpaired) electrons. The normalized spacial score (nSPS) is 14.3. The number of rotatable bonds is 8. The summed E-state index contributed by atoms with van der Waals surface area (Å²) in [7, 11) is -3.47. The largest absolute Gasteiger partial charge is 0.416 e. The Labute approximate surface area is 140 Å². The van der Waals surface area contributed by atoms with Crippen molar-refractivity contribution in [3.63, 3.8) is 0 Å². The van der Waals surface area contributed by atoms with Gasteiger partial charge in [0.05, 0.1) is 0 Å². The molecule has 3 nitrogen and oxygen atoms in total. The van der Waals surface area contributed by atoms with Crippen LogP contribution in [0.25, 0.3) is 0 Å². The van der Waals surface area contributed by atoms with Crippen molar-refractivity contribution in [1.29, 1.82) is 0 Å². The average Bonchev–Trinajstić information content (AvgIpc) is 2.25. The van der Waals surface area contributed by atoms with Crippen LogP contribution in [-0.4, -0.2) is 35.6 Å². The topological polar surface area (TPSA) is 35.5 Å². The Morgan fingerprint density at radius 1 is 0.727 bits per heavy atom. The Balaban J connectivity index is 4.09. The fourth-order valence-electron chi connectivity index (χ4n) is 1.40. The zero-order valence-corrected chi connectivity index (χ0v) is 18.6. The second-order valence-electron chi connectivity index (χ2n) is 9.26. The molecule has 0 fully saturated rings. The highest BCUT2D eigenvalue weighted by molar-refractivity contribution is 6.74. The number of carbonyl (C=O) groups is 1. The molecule has 132 valence electrons. The molecule has 0 aromatic heterocycles. The third-order valence-corrected chi connectivity index (χ3v) is 14.4. The summed E-state index contributed by atoms with van der Waals surface area (Å²) in [6, 6.07) is 0. The first-order valence-electron chi connectivity index (χ1n) is 8.40. The van der Waals surface area contributed by atoms with Crippen LogP contribution in [0.3, 0.4) is 0 Å². The maximum absolute atomic E-state index is 12.0. The van der Waals surface area contributed by atoms with Crippen molar-refractivity contribution in [1.82, 2.24) is 0 Å². The monoisotopic (exact) mass is 346 g/mol. The van der Waals surface area contributed by atoms with E-state index in [0.29, 0.717) is 26.1 Å². The van der Waals surface area contributed by atoms with E-state index in [1.807, 2.05) is 0 Å². The van der Waals surface area contributed by atoms with Gasteiger partial charge in [-0.15, -0.1) is 0 Å². The van der Waals surface area contributed by atoms with Crippen molar-refractivity contribution in [3.8, 4) is 0 Å². The fourth-order valence-corrected chi connectivity index (χ4v) is 3.49. The number of hydrogen-bond acceptors (Lipinski definition) is 3. The van der Waals surface area contributed by atoms with Crippen LogP contribution in [0.5, 0.6) is 0 Å². The lowest BCUT2D eigenvalue weighted by Gasteiger charge is -2.36. The first-order chi connectivity index (χ1) is 9.60. The van der Waals surface area contributed by atoms with Gasteiger partial charge in [0, 0.05) is 26.1 Å². The summed E-state index contributed by atoms with van der Waals surface area (Å²) >= 11 is 0. The van der Waals surface area contributed by atoms with E-state index in [9.17, 15) is 4.79 Å². The average molecular weight is 347 g/mol. The van der Waals surface area contributed by atoms with Crippen molar-refractivity contribution in [3.05, 3.63) is 0 Å². The molecule has 0 atom stereocenters.